The summed E-state index contributed by atoms with van der Waals surface area (Å²) in [5, 5.41) is 18.1. The summed E-state index contributed by atoms with van der Waals surface area (Å²) in [5.41, 5.74) is 6.00. The number of hydrogen-bond acceptors (Lipinski definition) is 12. The number of carbonyl (C=O) groups excluding carboxylic acids is 1. The van der Waals surface area contributed by atoms with Crippen molar-refractivity contribution in [3.05, 3.63) is 94.4 Å². The highest BCUT2D eigenvalue weighted by molar-refractivity contribution is 7.86. The van der Waals surface area contributed by atoms with Gasteiger partial charge in [0, 0.05) is 79.9 Å². The van der Waals surface area contributed by atoms with Crippen LogP contribution in [0.5, 0.6) is 0 Å². The van der Waals surface area contributed by atoms with Gasteiger partial charge >= 0.3 is 5.97 Å². The first kappa shape index (κ1) is 54.7. The van der Waals surface area contributed by atoms with Crippen molar-refractivity contribution in [2.24, 2.45) is 0 Å². The Morgan fingerprint density at radius 1 is 0.812 bits per heavy atom. The van der Waals surface area contributed by atoms with E-state index in [1.54, 1.807) is 6.07 Å². The number of aromatic nitrogens is 3. The van der Waals surface area contributed by atoms with Crippen molar-refractivity contribution >= 4 is 72.7 Å². The highest BCUT2D eigenvalue weighted by Crippen LogP contribution is 2.51. The summed E-state index contributed by atoms with van der Waals surface area (Å²) in [6.45, 7) is 13.1. The lowest BCUT2D eigenvalue weighted by molar-refractivity contribution is -0.437. The molecule has 3 aromatic rings. The smallest absolute Gasteiger partial charge is 0.303 e. The normalized spacial score (nSPS) is 17.3. The van der Waals surface area contributed by atoms with E-state index in [-0.39, 0.29) is 40.9 Å². The van der Waals surface area contributed by atoms with Crippen molar-refractivity contribution in [2.75, 3.05) is 54.0 Å². The maximum Gasteiger partial charge on any atom is 0.303 e. The molecule has 5 rings (SSSR count). The van der Waals surface area contributed by atoms with Gasteiger partial charge in [-0.25, -0.2) is 0 Å². The maximum atomic E-state index is 12.8. The van der Waals surface area contributed by atoms with Gasteiger partial charge in [0.05, 0.1) is 16.1 Å². The second-order valence-corrected chi connectivity index (χ2v) is 21.7. The van der Waals surface area contributed by atoms with Crippen LogP contribution in [0, 0.1) is 6.92 Å². The lowest BCUT2D eigenvalue weighted by Crippen LogP contribution is -2.29. The fraction of sp³-hybridized carbons (Fsp3) is 0.510. The minimum absolute atomic E-state index is 0.00103. The molecule has 2 aromatic carbocycles. The Kier molecular flexibility index (Phi) is 19.5. The van der Waals surface area contributed by atoms with Gasteiger partial charge in [-0.15, -0.1) is 0 Å². The van der Waals surface area contributed by atoms with Gasteiger partial charge in [0.1, 0.15) is 6.54 Å². The van der Waals surface area contributed by atoms with E-state index < -0.39 is 37.4 Å². The molecule has 0 aliphatic carbocycles. The first-order chi connectivity index (χ1) is 32.6. The fourth-order valence-electron chi connectivity index (χ4n) is 9.04. The molecule has 17 nitrogen and oxygen atoms in total. The number of aryl methyl sites for hydroxylation is 1. The molecule has 1 unspecified atom stereocenters. The lowest BCUT2D eigenvalue weighted by Gasteiger charge is -2.30. The molecule has 3 heterocycles. The molecule has 1 atom stereocenters. The number of aliphatic carboxylic acids is 1. The molecule has 376 valence electrons. The molecule has 0 spiro atoms. The molecule has 20 heteroatoms. The molecule has 1 amide bonds. The lowest BCUT2D eigenvalue weighted by atomic mass is 9.76. The number of amides is 1. The van der Waals surface area contributed by atoms with Crippen molar-refractivity contribution in [1.82, 2.24) is 20.3 Å². The predicted octanol–water partition coefficient (Wildman–Crippen LogP) is 8.54. The topological polar surface area (TPSA) is 244 Å². The number of nitrogens with one attached hydrogen (secondary N) is 3. The highest BCUT2D eigenvalue weighted by atomic mass is 35.5. The molecule has 0 bridgehead atoms. The SMILES string of the molecule is CCCN1C(=CC=CC=CC2=[N+](CCCS(=O)(=O)O)c3ccc(S(=O)(=O)O)cc3C2(C)C)C(C)(CCCCCC(=O)NCCCNc2nc(Cl)nc(NCCCCCC(=O)O)n2)c2cc(C)ccc21. The fourth-order valence-corrected chi connectivity index (χ4v) is 10.2. The van der Waals surface area contributed by atoms with Gasteiger partial charge in [-0.05, 0) is 108 Å². The minimum atomic E-state index is -4.46. The second kappa shape index (κ2) is 24.6. The van der Waals surface area contributed by atoms with Crippen molar-refractivity contribution in [1.29, 1.82) is 0 Å². The number of carbonyl (C=O) groups is 2. The zero-order chi connectivity index (χ0) is 50.4. The van der Waals surface area contributed by atoms with Crippen molar-refractivity contribution in [2.45, 2.75) is 127 Å². The van der Waals surface area contributed by atoms with Crippen LogP contribution < -0.4 is 20.9 Å². The maximum absolute atomic E-state index is 12.8. The third-order valence-electron chi connectivity index (χ3n) is 12.5. The van der Waals surface area contributed by atoms with Crippen LogP contribution in [0.25, 0.3) is 0 Å². The van der Waals surface area contributed by atoms with Crippen LogP contribution in [0.15, 0.2) is 77.4 Å². The minimum Gasteiger partial charge on any atom is -0.481 e. The van der Waals surface area contributed by atoms with Crippen LogP contribution in [0.2, 0.25) is 5.28 Å². The van der Waals surface area contributed by atoms with Gasteiger partial charge in [-0.3, -0.25) is 18.7 Å². The van der Waals surface area contributed by atoms with Gasteiger partial charge in [-0.1, -0.05) is 62.1 Å². The Balaban J connectivity index is 1.18. The largest absolute Gasteiger partial charge is 0.481 e. The van der Waals surface area contributed by atoms with E-state index in [0.717, 1.165) is 57.2 Å². The zero-order valence-electron chi connectivity index (χ0n) is 40.3. The molecule has 6 N–H and O–H groups in total. The average Bonchev–Trinajstić information content (AvgIpc) is 3.61. The number of anilines is 3. The molecule has 0 saturated heterocycles. The van der Waals surface area contributed by atoms with Crippen molar-refractivity contribution in [3.8, 4) is 0 Å². The number of rotatable bonds is 28. The predicted molar refractivity (Wildman–Crippen MR) is 271 cm³/mol. The first-order valence-electron chi connectivity index (χ1n) is 23.7. The molecule has 1 aromatic heterocycles. The summed E-state index contributed by atoms with van der Waals surface area (Å²) >= 11 is 6.09. The Labute approximate surface area is 412 Å². The van der Waals surface area contributed by atoms with E-state index in [9.17, 15) is 35.5 Å². The van der Waals surface area contributed by atoms with Crippen molar-refractivity contribution < 1.29 is 45.2 Å². The number of hydrogen-bond donors (Lipinski definition) is 6. The number of benzene rings is 2. The molecule has 2 aliphatic heterocycles. The Morgan fingerprint density at radius 3 is 2.19 bits per heavy atom. The molecule has 0 fully saturated rings. The summed E-state index contributed by atoms with van der Waals surface area (Å²) < 4.78 is 68.5. The Morgan fingerprint density at radius 2 is 1.51 bits per heavy atom. The number of fused-ring (bicyclic) bond motifs is 2. The summed E-state index contributed by atoms with van der Waals surface area (Å²) in [7, 11) is -8.65. The number of unbranched alkanes of at least 4 members (excludes halogenated alkanes) is 4. The molecule has 2 aliphatic rings. The number of nitrogens with zero attached hydrogens (tertiary/aromatic N) is 5. The molecule has 0 radical (unpaired) electrons. The molecular formula is C49H68ClN8O9S2+. The summed E-state index contributed by atoms with van der Waals surface area (Å²) in [6.07, 6.45) is 17.9. The zero-order valence-corrected chi connectivity index (χ0v) is 42.7. The van der Waals surface area contributed by atoms with E-state index in [1.165, 1.54) is 34.6 Å². The Hall–Kier alpha value is -5.21. The van der Waals surface area contributed by atoms with Crippen LogP contribution in [0.4, 0.5) is 23.3 Å². The Bertz CT molecular complexity index is 2670. The van der Waals surface area contributed by atoms with Crippen LogP contribution >= 0.6 is 11.6 Å². The second-order valence-electron chi connectivity index (χ2n) is 18.3. The van der Waals surface area contributed by atoms with E-state index in [4.69, 9.17) is 16.7 Å². The van der Waals surface area contributed by atoms with Gasteiger partial charge < -0.3 is 26.0 Å². The number of carboxylic acids is 1. The van der Waals surface area contributed by atoms with Gasteiger partial charge in [0.2, 0.25) is 28.8 Å². The van der Waals surface area contributed by atoms with E-state index >= 15 is 0 Å². The number of carboxylic acid groups (broad SMARTS) is 1. The monoisotopic (exact) mass is 1010 g/mol. The molecule has 69 heavy (non-hydrogen) atoms. The molecular weight excluding hydrogens is 944 g/mol. The molecule has 0 saturated carbocycles. The van der Waals surface area contributed by atoms with Crippen LogP contribution in [-0.4, -0.2) is 107 Å². The van der Waals surface area contributed by atoms with Gasteiger partial charge in [0.15, 0.2) is 5.71 Å². The average molecular weight is 1010 g/mol. The van der Waals surface area contributed by atoms with Gasteiger partial charge in [-0.2, -0.15) is 36.4 Å². The first-order valence-corrected chi connectivity index (χ1v) is 27.1. The standard InChI is InChI=1S/C49H67ClN8O9S2/c1-6-30-57-40-24-22-35(2)33-38(40)49(5,26-14-8-12-20-43(59)51-28-16-29-53-47-55-45(50)54-46(56-47)52-27-15-9-13-21-44(60)61)42(57)19-11-7-10-18-41-48(3,4)37-34-36(69(65,66)67)23-25-39(37)58(41)31-17-32-68(62,63)64/h7,10-11,18-19,22-25,33-34H,6,8-9,12-17,20-21,26-32H2,1-5H3,(H5-,51,52,53,54,55,56,59,60,61,62,63,64,65,66,67)/p+1. The summed E-state index contributed by atoms with van der Waals surface area (Å²) in [5.74, 6) is -0.570. The van der Waals surface area contributed by atoms with Crippen LogP contribution in [0.3, 0.4) is 0 Å². The number of allylic oxidation sites excluding steroid dienone is 6. The van der Waals surface area contributed by atoms with E-state index in [1.807, 2.05) is 42.7 Å². The van der Waals surface area contributed by atoms with Gasteiger partial charge in [0.25, 0.3) is 20.2 Å². The van der Waals surface area contributed by atoms with Crippen LogP contribution in [0.1, 0.15) is 121 Å². The quantitative estimate of drug-likeness (QED) is 0.0173. The summed E-state index contributed by atoms with van der Waals surface area (Å²) in [6, 6.07) is 11.0. The summed E-state index contributed by atoms with van der Waals surface area (Å²) in [4.78, 5) is 38.2. The van der Waals surface area contributed by atoms with Crippen molar-refractivity contribution in [3.63, 3.8) is 0 Å². The van der Waals surface area contributed by atoms with Crippen LogP contribution in [-0.2, 0) is 40.7 Å². The van der Waals surface area contributed by atoms with E-state index in [2.05, 4.69) is 80.8 Å². The number of halogens is 1. The third kappa shape index (κ3) is 15.4. The third-order valence-corrected chi connectivity index (χ3v) is 14.3. The van der Waals surface area contributed by atoms with E-state index in [0.29, 0.717) is 62.0 Å². The highest BCUT2D eigenvalue weighted by Gasteiger charge is 2.45.